The van der Waals surface area contributed by atoms with E-state index in [1.807, 2.05) is 0 Å². The van der Waals surface area contributed by atoms with E-state index in [1.54, 1.807) is 0 Å². The third kappa shape index (κ3) is 3.67. The van der Waals surface area contributed by atoms with Crippen molar-refractivity contribution in [1.82, 2.24) is 4.90 Å². The average Bonchev–Trinajstić information content (AvgIpc) is 2.35. The van der Waals surface area contributed by atoms with Crippen LogP contribution >= 0.6 is 0 Å². The summed E-state index contributed by atoms with van der Waals surface area (Å²) < 4.78 is 5.42. The molecule has 2 atom stereocenters. The average molecular weight is 241 g/mol. The van der Waals surface area contributed by atoms with Crippen LogP contribution in [0.1, 0.15) is 51.4 Å². The summed E-state index contributed by atoms with van der Waals surface area (Å²) in [6, 6.07) is 0.987. The fourth-order valence-electron chi connectivity index (χ4n) is 3.28. The number of aliphatic hydroxyl groups is 1. The second-order valence-corrected chi connectivity index (χ2v) is 5.64. The standard InChI is InChI=1S/C14H27NO2/c1-15(12-8-10-17-11-9-12)13-6-4-2-3-5-7-14(13)16/h12-14,16H,2-11H2,1H3. The van der Waals surface area contributed by atoms with Crippen LogP contribution in [0.2, 0.25) is 0 Å². The Labute approximate surface area is 105 Å². The Morgan fingerprint density at radius 2 is 1.59 bits per heavy atom. The molecule has 1 saturated carbocycles. The second-order valence-electron chi connectivity index (χ2n) is 5.64. The summed E-state index contributed by atoms with van der Waals surface area (Å²) in [6.07, 6.45) is 9.37. The molecule has 2 fully saturated rings. The summed E-state index contributed by atoms with van der Waals surface area (Å²) >= 11 is 0. The third-order valence-corrected chi connectivity index (χ3v) is 4.48. The number of nitrogens with zero attached hydrogens (tertiary/aromatic N) is 1. The van der Waals surface area contributed by atoms with E-state index in [4.69, 9.17) is 4.74 Å². The van der Waals surface area contributed by atoms with Gasteiger partial charge in [0.15, 0.2) is 0 Å². The molecule has 0 bridgehead atoms. The lowest BCUT2D eigenvalue weighted by atomic mass is 9.91. The van der Waals surface area contributed by atoms with E-state index in [1.165, 1.54) is 25.7 Å². The van der Waals surface area contributed by atoms with Gasteiger partial charge in [-0.3, -0.25) is 4.90 Å². The van der Waals surface area contributed by atoms with Crippen LogP contribution in [0.5, 0.6) is 0 Å². The Hall–Kier alpha value is -0.120. The van der Waals surface area contributed by atoms with Crippen LogP contribution in [-0.2, 0) is 4.74 Å². The summed E-state index contributed by atoms with van der Waals surface area (Å²) in [7, 11) is 2.20. The summed E-state index contributed by atoms with van der Waals surface area (Å²) in [5.41, 5.74) is 0. The summed E-state index contributed by atoms with van der Waals surface area (Å²) in [6.45, 7) is 1.77. The van der Waals surface area contributed by atoms with Crippen molar-refractivity contribution in [2.24, 2.45) is 0 Å². The Balaban J connectivity index is 1.91. The zero-order chi connectivity index (χ0) is 12.1. The van der Waals surface area contributed by atoms with Crippen LogP contribution in [0.3, 0.4) is 0 Å². The van der Waals surface area contributed by atoms with Crippen molar-refractivity contribution in [3.8, 4) is 0 Å². The lowest BCUT2D eigenvalue weighted by Crippen LogP contribution is -2.48. The van der Waals surface area contributed by atoms with Gasteiger partial charge in [-0.25, -0.2) is 0 Å². The maximum atomic E-state index is 10.3. The molecule has 2 rings (SSSR count). The molecule has 0 aromatic heterocycles. The summed E-state index contributed by atoms with van der Waals surface area (Å²) in [5, 5.41) is 10.3. The number of hydrogen-bond acceptors (Lipinski definition) is 3. The SMILES string of the molecule is CN(C1CCOCC1)C1CCCCCCC1O. The minimum atomic E-state index is -0.122. The van der Waals surface area contributed by atoms with Crippen molar-refractivity contribution in [2.45, 2.75) is 69.6 Å². The Morgan fingerprint density at radius 3 is 2.29 bits per heavy atom. The predicted octanol–water partition coefficient (Wildman–Crippen LogP) is 2.18. The molecular weight excluding hydrogens is 214 g/mol. The van der Waals surface area contributed by atoms with Gasteiger partial charge in [0.1, 0.15) is 0 Å². The minimum Gasteiger partial charge on any atom is -0.391 e. The first kappa shape index (κ1) is 13.3. The van der Waals surface area contributed by atoms with Crippen LogP contribution in [0, 0.1) is 0 Å². The molecule has 17 heavy (non-hydrogen) atoms. The first-order valence-corrected chi connectivity index (χ1v) is 7.27. The highest BCUT2D eigenvalue weighted by molar-refractivity contribution is 4.84. The lowest BCUT2D eigenvalue weighted by molar-refractivity contribution is -0.0153. The van der Waals surface area contributed by atoms with Gasteiger partial charge in [-0.15, -0.1) is 0 Å². The molecule has 0 aromatic rings. The molecular formula is C14H27NO2. The predicted molar refractivity (Wildman–Crippen MR) is 69.1 cm³/mol. The fraction of sp³-hybridized carbons (Fsp3) is 1.00. The smallest absolute Gasteiger partial charge is 0.0695 e. The van der Waals surface area contributed by atoms with E-state index in [2.05, 4.69) is 11.9 Å². The van der Waals surface area contributed by atoms with E-state index in [-0.39, 0.29) is 6.10 Å². The van der Waals surface area contributed by atoms with Crippen molar-refractivity contribution >= 4 is 0 Å². The van der Waals surface area contributed by atoms with Crippen molar-refractivity contribution in [2.75, 3.05) is 20.3 Å². The normalized spacial score (nSPS) is 33.4. The Morgan fingerprint density at radius 1 is 0.941 bits per heavy atom. The topological polar surface area (TPSA) is 32.7 Å². The fourth-order valence-corrected chi connectivity index (χ4v) is 3.28. The summed E-state index contributed by atoms with van der Waals surface area (Å²) in [4.78, 5) is 2.44. The number of rotatable bonds is 2. The molecule has 1 N–H and O–H groups in total. The van der Waals surface area contributed by atoms with E-state index in [9.17, 15) is 5.11 Å². The van der Waals surface area contributed by atoms with Crippen molar-refractivity contribution in [3.63, 3.8) is 0 Å². The Kier molecular flexibility index (Phi) is 5.26. The highest BCUT2D eigenvalue weighted by Gasteiger charge is 2.29. The quantitative estimate of drug-likeness (QED) is 0.804. The first-order valence-electron chi connectivity index (χ1n) is 7.27. The minimum absolute atomic E-state index is 0.122. The van der Waals surface area contributed by atoms with E-state index in [0.29, 0.717) is 12.1 Å². The molecule has 3 nitrogen and oxygen atoms in total. The molecule has 0 radical (unpaired) electrons. The Bertz CT molecular complexity index is 216. The second kappa shape index (κ2) is 6.72. The van der Waals surface area contributed by atoms with Crippen LogP contribution in [-0.4, -0.2) is 48.5 Å². The summed E-state index contributed by atoms with van der Waals surface area (Å²) in [5.74, 6) is 0. The van der Waals surface area contributed by atoms with Crippen molar-refractivity contribution < 1.29 is 9.84 Å². The van der Waals surface area contributed by atoms with E-state index >= 15 is 0 Å². The van der Waals surface area contributed by atoms with E-state index in [0.717, 1.165) is 38.9 Å². The zero-order valence-electron chi connectivity index (χ0n) is 11.1. The first-order chi connectivity index (χ1) is 8.29. The molecule has 1 heterocycles. The number of ether oxygens (including phenoxy) is 1. The number of hydrogen-bond donors (Lipinski definition) is 1. The van der Waals surface area contributed by atoms with Gasteiger partial charge >= 0.3 is 0 Å². The molecule has 2 unspecified atom stereocenters. The zero-order valence-corrected chi connectivity index (χ0v) is 11.1. The largest absolute Gasteiger partial charge is 0.391 e. The third-order valence-electron chi connectivity index (χ3n) is 4.48. The van der Waals surface area contributed by atoms with Gasteiger partial charge in [-0.1, -0.05) is 25.7 Å². The molecule has 100 valence electrons. The molecule has 0 amide bonds. The van der Waals surface area contributed by atoms with Gasteiger partial charge in [0.2, 0.25) is 0 Å². The molecule has 1 aliphatic heterocycles. The number of aliphatic hydroxyl groups excluding tert-OH is 1. The van der Waals surface area contributed by atoms with Crippen molar-refractivity contribution in [3.05, 3.63) is 0 Å². The molecule has 1 saturated heterocycles. The van der Waals surface area contributed by atoms with Gasteiger partial charge in [0.25, 0.3) is 0 Å². The van der Waals surface area contributed by atoms with E-state index < -0.39 is 0 Å². The highest BCUT2D eigenvalue weighted by atomic mass is 16.5. The molecule has 1 aliphatic carbocycles. The highest BCUT2D eigenvalue weighted by Crippen LogP contribution is 2.25. The molecule has 0 aromatic carbocycles. The van der Waals surface area contributed by atoms with Crippen LogP contribution in [0.15, 0.2) is 0 Å². The molecule has 3 heteroatoms. The molecule has 0 spiro atoms. The monoisotopic (exact) mass is 241 g/mol. The van der Waals surface area contributed by atoms with Gasteiger partial charge in [-0.2, -0.15) is 0 Å². The van der Waals surface area contributed by atoms with Crippen LogP contribution in [0.4, 0.5) is 0 Å². The number of likely N-dealkylation sites (N-methyl/N-ethyl adjacent to an activating group) is 1. The van der Waals surface area contributed by atoms with Gasteiger partial charge in [0.05, 0.1) is 6.10 Å². The van der Waals surface area contributed by atoms with Gasteiger partial charge in [-0.05, 0) is 32.7 Å². The van der Waals surface area contributed by atoms with Crippen LogP contribution < -0.4 is 0 Å². The van der Waals surface area contributed by atoms with Gasteiger partial charge in [0, 0.05) is 25.3 Å². The molecule has 2 aliphatic rings. The van der Waals surface area contributed by atoms with Crippen LogP contribution in [0.25, 0.3) is 0 Å². The van der Waals surface area contributed by atoms with Gasteiger partial charge < -0.3 is 9.84 Å². The van der Waals surface area contributed by atoms with Crippen molar-refractivity contribution in [1.29, 1.82) is 0 Å². The lowest BCUT2D eigenvalue weighted by Gasteiger charge is -2.40. The maximum absolute atomic E-state index is 10.3. The maximum Gasteiger partial charge on any atom is 0.0695 e.